The van der Waals surface area contributed by atoms with Crippen LogP contribution in [0.2, 0.25) is 0 Å². The number of hydrogen-bond donors (Lipinski definition) is 3. The number of rotatable bonds is 9. The van der Waals surface area contributed by atoms with Crippen LogP contribution in [0.25, 0.3) is 0 Å². The third-order valence-corrected chi connectivity index (χ3v) is 3.58. The van der Waals surface area contributed by atoms with Crippen LogP contribution >= 0.6 is 0 Å². The largest absolute Gasteiger partial charge is 0.389 e. The van der Waals surface area contributed by atoms with Gasteiger partial charge < -0.3 is 20.5 Å². The molecule has 1 aliphatic carbocycles. The Bertz CT molecular complexity index is 506. The van der Waals surface area contributed by atoms with Crippen molar-refractivity contribution in [3.05, 3.63) is 35.6 Å². The molecule has 0 radical (unpaired) electrons. The predicted octanol–water partition coefficient (Wildman–Crippen LogP) is 1.67. The predicted molar refractivity (Wildman–Crippen MR) is 88.8 cm³/mol. The van der Waals surface area contributed by atoms with E-state index in [4.69, 9.17) is 4.74 Å². The Morgan fingerprint density at radius 3 is 2.87 bits per heavy atom. The van der Waals surface area contributed by atoms with Gasteiger partial charge in [-0.25, -0.2) is 9.38 Å². The highest BCUT2D eigenvalue weighted by atomic mass is 19.1. The van der Waals surface area contributed by atoms with E-state index >= 15 is 0 Å². The van der Waals surface area contributed by atoms with E-state index in [1.54, 1.807) is 18.2 Å². The summed E-state index contributed by atoms with van der Waals surface area (Å²) in [6.07, 6.45) is 1.88. The lowest BCUT2D eigenvalue weighted by Gasteiger charge is -2.15. The Balaban J connectivity index is 1.75. The molecule has 128 valence electrons. The smallest absolute Gasteiger partial charge is 0.191 e. The zero-order chi connectivity index (χ0) is 16.5. The molecule has 6 heteroatoms. The number of aliphatic hydroxyl groups is 1. The molecule has 0 spiro atoms. The molecule has 2 rings (SSSR count). The Labute approximate surface area is 137 Å². The molecule has 0 bridgehead atoms. The molecule has 0 heterocycles. The Morgan fingerprint density at radius 1 is 1.39 bits per heavy atom. The summed E-state index contributed by atoms with van der Waals surface area (Å²) in [6.45, 7) is 4.28. The van der Waals surface area contributed by atoms with Gasteiger partial charge in [0, 0.05) is 25.3 Å². The molecule has 5 nitrogen and oxygen atoms in total. The number of aliphatic hydroxyl groups excluding tert-OH is 1. The maximum absolute atomic E-state index is 13.6. The molecule has 23 heavy (non-hydrogen) atoms. The average Bonchev–Trinajstić information content (AvgIpc) is 3.36. The van der Waals surface area contributed by atoms with E-state index < -0.39 is 6.10 Å². The van der Waals surface area contributed by atoms with Crippen LogP contribution in [-0.4, -0.2) is 43.5 Å². The van der Waals surface area contributed by atoms with Crippen molar-refractivity contribution in [1.82, 2.24) is 10.6 Å². The van der Waals surface area contributed by atoms with Crippen LogP contribution in [0, 0.1) is 11.7 Å². The van der Waals surface area contributed by atoms with E-state index in [2.05, 4.69) is 15.6 Å². The molecule has 1 fully saturated rings. The van der Waals surface area contributed by atoms with Crippen molar-refractivity contribution in [1.29, 1.82) is 0 Å². The van der Waals surface area contributed by atoms with E-state index in [0.29, 0.717) is 37.1 Å². The van der Waals surface area contributed by atoms with Gasteiger partial charge in [0.1, 0.15) is 5.82 Å². The lowest BCUT2D eigenvalue weighted by atomic mass is 10.2. The summed E-state index contributed by atoms with van der Waals surface area (Å²) in [7, 11) is 0. The fourth-order valence-electron chi connectivity index (χ4n) is 2.06. The molecular weight excluding hydrogens is 297 g/mol. The molecule has 1 aliphatic rings. The van der Waals surface area contributed by atoms with Gasteiger partial charge in [0.05, 0.1) is 19.3 Å². The quantitative estimate of drug-likeness (QED) is 0.478. The highest BCUT2D eigenvalue weighted by Crippen LogP contribution is 2.28. The third kappa shape index (κ3) is 6.97. The summed E-state index contributed by atoms with van der Waals surface area (Å²) < 4.78 is 19.0. The molecule has 1 aromatic carbocycles. The first-order valence-corrected chi connectivity index (χ1v) is 8.20. The monoisotopic (exact) mass is 323 g/mol. The number of ether oxygens (including phenoxy) is 1. The van der Waals surface area contributed by atoms with Crippen molar-refractivity contribution < 1.29 is 14.2 Å². The second kappa shape index (κ2) is 9.47. The standard InChI is InChI=1S/C17H26FN3O2/c1-2-19-17(20-9-14-5-3-4-6-16(14)18)21-10-15(22)12-23-11-13-7-8-13/h3-6,13,15,22H,2,7-12H2,1H3,(H2,19,20,21). The van der Waals surface area contributed by atoms with Crippen molar-refractivity contribution >= 4 is 5.96 Å². The highest BCUT2D eigenvalue weighted by Gasteiger charge is 2.21. The van der Waals surface area contributed by atoms with Crippen molar-refractivity contribution in [2.24, 2.45) is 10.9 Å². The molecule has 0 saturated heterocycles. The lowest BCUT2D eigenvalue weighted by Crippen LogP contribution is -2.42. The minimum Gasteiger partial charge on any atom is -0.389 e. The van der Waals surface area contributed by atoms with E-state index in [9.17, 15) is 9.50 Å². The van der Waals surface area contributed by atoms with E-state index in [1.807, 2.05) is 6.92 Å². The van der Waals surface area contributed by atoms with Crippen LogP contribution in [0.15, 0.2) is 29.3 Å². The summed E-state index contributed by atoms with van der Waals surface area (Å²) in [5.74, 6) is 0.979. The van der Waals surface area contributed by atoms with Crippen molar-refractivity contribution in [2.45, 2.75) is 32.4 Å². The Morgan fingerprint density at radius 2 is 2.17 bits per heavy atom. The maximum Gasteiger partial charge on any atom is 0.191 e. The van der Waals surface area contributed by atoms with Gasteiger partial charge in [-0.15, -0.1) is 0 Å². The molecule has 0 aliphatic heterocycles. The molecule has 1 saturated carbocycles. The summed E-state index contributed by atoms with van der Waals surface area (Å²) in [4.78, 5) is 4.34. The zero-order valence-electron chi connectivity index (χ0n) is 13.6. The molecule has 1 aromatic rings. The molecular formula is C17H26FN3O2. The Kier molecular flexibility index (Phi) is 7.29. The van der Waals surface area contributed by atoms with Crippen LogP contribution in [-0.2, 0) is 11.3 Å². The molecule has 0 amide bonds. The van der Waals surface area contributed by atoms with Gasteiger partial charge in [-0.05, 0) is 31.7 Å². The van der Waals surface area contributed by atoms with E-state index in [0.717, 1.165) is 6.61 Å². The SMILES string of the molecule is CCNC(=NCc1ccccc1F)NCC(O)COCC1CC1. The van der Waals surface area contributed by atoms with Crippen molar-refractivity contribution in [3.63, 3.8) is 0 Å². The topological polar surface area (TPSA) is 65.9 Å². The number of halogens is 1. The minimum atomic E-state index is -0.592. The average molecular weight is 323 g/mol. The van der Waals surface area contributed by atoms with Gasteiger partial charge in [-0.1, -0.05) is 18.2 Å². The second-order valence-electron chi connectivity index (χ2n) is 5.80. The number of guanidine groups is 1. The summed E-state index contributed by atoms with van der Waals surface area (Å²) >= 11 is 0. The van der Waals surface area contributed by atoms with E-state index in [-0.39, 0.29) is 12.4 Å². The number of hydrogen-bond acceptors (Lipinski definition) is 3. The first kappa shape index (κ1) is 17.7. The van der Waals surface area contributed by atoms with Gasteiger partial charge in [0.15, 0.2) is 5.96 Å². The van der Waals surface area contributed by atoms with Crippen LogP contribution in [0.4, 0.5) is 4.39 Å². The lowest BCUT2D eigenvalue weighted by molar-refractivity contribution is 0.0345. The molecule has 1 atom stereocenters. The number of nitrogens with zero attached hydrogens (tertiary/aromatic N) is 1. The van der Waals surface area contributed by atoms with Crippen LogP contribution in [0.1, 0.15) is 25.3 Å². The van der Waals surface area contributed by atoms with Crippen LogP contribution in [0.3, 0.4) is 0 Å². The third-order valence-electron chi connectivity index (χ3n) is 3.58. The Hall–Kier alpha value is -1.66. The van der Waals surface area contributed by atoms with Crippen LogP contribution in [0.5, 0.6) is 0 Å². The maximum atomic E-state index is 13.6. The van der Waals surface area contributed by atoms with Gasteiger partial charge in [0.2, 0.25) is 0 Å². The normalized spacial score (nSPS) is 16.2. The zero-order valence-corrected chi connectivity index (χ0v) is 13.6. The number of benzene rings is 1. The fraction of sp³-hybridized carbons (Fsp3) is 0.588. The fourth-order valence-corrected chi connectivity index (χ4v) is 2.06. The van der Waals surface area contributed by atoms with Crippen molar-refractivity contribution in [2.75, 3.05) is 26.3 Å². The van der Waals surface area contributed by atoms with Gasteiger partial charge >= 0.3 is 0 Å². The number of aliphatic imine (C=N–C) groups is 1. The summed E-state index contributed by atoms with van der Waals surface area (Å²) in [5, 5.41) is 16.0. The first-order chi connectivity index (χ1) is 11.2. The molecule has 1 unspecified atom stereocenters. The van der Waals surface area contributed by atoms with Crippen LogP contribution < -0.4 is 10.6 Å². The highest BCUT2D eigenvalue weighted by molar-refractivity contribution is 5.79. The van der Waals surface area contributed by atoms with Crippen molar-refractivity contribution in [3.8, 4) is 0 Å². The first-order valence-electron chi connectivity index (χ1n) is 8.20. The minimum absolute atomic E-state index is 0.246. The second-order valence-corrected chi connectivity index (χ2v) is 5.80. The van der Waals surface area contributed by atoms with Gasteiger partial charge in [0.25, 0.3) is 0 Å². The van der Waals surface area contributed by atoms with E-state index in [1.165, 1.54) is 18.9 Å². The van der Waals surface area contributed by atoms with Gasteiger partial charge in [-0.2, -0.15) is 0 Å². The van der Waals surface area contributed by atoms with Gasteiger partial charge in [-0.3, -0.25) is 0 Å². The molecule has 0 aromatic heterocycles. The summed E-state index contributed by atoms with van der Waals surface area (Å²) in [5.41, 5.74) is 0.540. The summed E-state index contributed by atoms with van der Waals surface area (Å²) in [6, 6.07) is 6.58. The molecule has 3 N–H and O–H groups in total. The number of nitrogens with one attached hydrogen (secondary N) is 2.